The minimum Gasteiger partial charge on any atom is -0.277 e. The highest BCUT2D eigenvalue weighted by Crippen LogP contribution is 2.13. The summed E-state index contributed by atoms with van der Waals surface area (Å²) in [7, 11) is 0. The fourth-order valence-corrected chi connectivity index (χ4v) is 3.46. The first-order chi connectivity index (χ1) is 13.2. The lowest BCUT2D eigenvalue weighted by Crippen LogP contribution is -2.52. The minimum absolute atomic E-state index is 0.211. The van der Waals surface area contributed by atoms with E-state index in [1.807, 2.05) is 0 Å². The molecule has 2 rings (SSSR count). The van der Waals surface area contributed by atoms with E-state index in [1.165, 1.54) is 56.9 Å². The monoisotopic (exact) mass is 372 g/mol. The number of imide groups is 2. The molecule has 0 aliphatic carbocycles. The van der Waals surface area contributed by atoms with Crippen molar-refractivity contribution in [2.45, 2.75) is 77.0 Å². The van der Waals surface area contributed by atoms with Gasteiger partial charge in [-0.2, -0.15) is 0 Å². The second-order valence-corrected chi connectivity index (χ2v) is 7.35. The first-order valence-corrected chi connectivity index (χ1v) is 10.3. The van der Waals surface area contributed by atoms with Gasteiger partial charge in [-0.05, 0) is 24.8 Å². The number of nitrogens with one attached hydrogen (secondary N) is 1. The highest BCUT2D eigenvalue weighted by atomic mass is 16.2. The van der Waals surface area contributed by atoms with Crippen LogP contribution in [0, 0.1) is 0 Å². The average Bonchev–Trinajstić information content (AvgIpc) is 2.65. The summed E-state index contributed by atoms with van der Waals surface area (Å²) in [4.78, 5) is 35.5. The van der Waals surface area contributed by atoms with Gasteiger partial charge in [-0.3, -0.25) is 19.8 Å². The van der Waals surface area contributed by atoms with Gasteiger partial charge in [0, 0.05) is 6.54 Å². The van der Waals surface area contributed by atoms with Crippen LogP contribution in [-0.2, 0) is 16.0 Å². The molecule has 148 valence electrons. The zero-order valence-electron chi connectivity index (χ0n) is 16.3. The molecule has 0 spiro atoms. The number of barbiturate groups is 1. The molecule has 1 fully saturated rings. The van der Waals surface area contributed by atoms with Gasteiger partial charge in [0.15, 0.2) is 0 Å². The Kier molecular flexibility index (Phi) is 9.60. The van der Waals surface area contributed by atoms with E-state index in [0.717, 1.165) is 24.2 Å². The van der Waals surface area contributed by atoms with Crippen molar-refractivity contribution in [1.82, 2.24) is 10.2 Å². The SMILES string of the molecule is O=C1CC(=O)N(CCCCCCCCCCCCc2ccccc2)C(=O)N1. The molecule has 0 atom stereocenters. The summed E-state index contributed by atoms with van der Waals surface area (Å²) in [5.41, 5.74) is 1.44. The van der Waals surface area contributed by atoms with Crippen molar-refractivity contribution in [3.63, 3.8) is 0 Å². The van der Waals surface area contributed by atoms with Crippen LogP contribution in [0.25, 0.3) is 0 Å². The van der Waals surface area contributed by atoms with E-state index in [9.17, 15) is 14.4 Å². The molecule has 1 saturated heterocycles. The normalized spacial score (nSPS) is 14.5. The summed E-state index contributed by atoms with van der Waals surface area (Å²) < 4.78 is 0. The highest BCUT2D eigenvalue weighted by molar-refractivity contribution is 6.14. The van der Waals surface area contributed by atoms with E-state index in [2.05, 4.69) is 35.6 Å². The van der Waals surface area contributed by atoms with Gasteiger partial charge in [-0.1, -0.05) is 81.7 Å². The van der Waals surface area contributed by atoms with Gasteiger partial charge in [0.05, 0.1) is 0 Å². The maximum Gasteiger partial charge on any atom is 0.330 e. The van der Waals surface area contributed by atoms with Gasteiger partial charge in [-0.25, -0.2) is 4.79 Å². The summed E-state index contributed by atoms with van der Waals surface area (Å²) in [6, 6.07) is 10.1. The number of carbonyl (C=O) groups excluding carboxylic acids is 3. The molecule has 0 radical (unpaired) electrons. The summed E-state index contributed by atoms with van der Waals surface area (Å²) in [5.74, 6) is -0.877. The van der Waals surface area contributed by atoms with E-state index < -0.39 is 11.9 Å². The quantitative estimate of drug-likeness (QED) is 0.406. The standard InChI is InChI=1S/C22H32N2O3/c25-20-18-21(26)24(22(27)23-20)17-13-8-6-4-2-1-3-5-7-10-14-19-15-11-9-12-16-19/h9,11-12,15-16H,1-8,10,13-14,17-18H2,(H,23,25,27). The molecule has 0 saturated carbocycles. The van der Waals surface area contributed by atoms with Crippen LogP contribution in [-0.4, -0.2) is 29.3 Å². The van der Waals surface area contributed by atoms with Crippen LogP contribution in [0.2, 0.25) is 0 Å². The number of rotatable bonds is 13. The smallest absolute Gasteiger partial charge is 0.277 e. The summed E-state index contributed by atoms with van der Waals surface area (Å²) in [6.45, 7) is 0.416. The molecular formula is C22H32N2O3. The molecular weight excluding hydrogens is 340 g/mol. The first kappa shape index (κ1) is 21.1. The Labute approximate surface area is 162 Å². The van der Waals surface area contributed by atoms with Crippen molar-refractivity contribution in [1.29, 1.82) is 0 Å². The molecule has 1 N–H and O–H groups in total. The molecule has 5 nitrogen and oxygen atoms in total. The number of hydrogen-bond acceptors (Lipinski definition) is 3. The average molecular weight is 373 g/mol. The third-order valence-corrected chi connectivity index (χ3v) is 5.04. The Bertz CT molecular complexity index is 581. The molecule has 5 heteroatoms. The van der Waals surface area contributed by atoms with Crippen LogP contribution in [0.1, 0.15) is 76.2 Å². The molecule has 27 heavy (non-hydrogen) atoms. The number of hydrogen-bond donors (Lipinski definition) is 1. The Morgan fingerprint density at radius 2 is 1.30 bits per heavy atom. The second-order valence-electron chi connectivity index (χ2n) is 7.35. The van der Waals surface area contributed by atoms with Gasteiger partial charge in [0.25, 0.3) is 0 Å². The lowest BCUT2D eigenvalue weighted by Gasteiger charge is -2.24. The van der Waals surface area contributed by atoms with Crippen molar-refractivity contribution in [3.05, 3.63) is 35.9 Å². The Morgan fingerprint density at radius 3 is 1.89 bits per heavy atom. The number of unbranched alkanes of at least 4 members (excludes halogenated alkanes) is 9. The molecule has 4 amide bonds. The molecule has 0 bridgehead atoms. The zero-order valence-corrected chi connectivity index (χ0v) is 16.3. The van der Waals surface area contributed by atoms with Crippen molar-refractivity contribution in [2.75, 3.05) is 6.54 Å². The van der Waals surface area contributed by atoms with Crippen molar-refractivity contribution >= 4 is 17.8 Å². The van der Waals surface area contributed by atoms with Gasteiger partial charge in [-0.15, -0.1) is 0 Å². The fourth-order valence-electron chi connectivity index (χ4n) is 3.46. The van der Waals surface area contributed by atoms with E-state index in [4.69, 9.17) is 0 Å². The Balaban J connectivity index is 1.37. The van der Waals surface area contributed by atoms with Crippen LogP contribution in [0.5, 0.6) is 0 Å². The largest absolute Gasteiger partial charge is 0.330 e. The van der Waals surface area contributed by atoms with Crippen molar-refractivity contribution in [3.8, 4) is 0 Å². The van der Waals surface area contributed by atoms with Gasteiger partial charge < -0.3 is 0 Å². The Hall–Kier alpha value is -2.17. The van der Waals surface area contributed by atoms with Crippen LogP contribution < -0.4 is 5.32 Å². The maximum absolute atomic E-state index is 11.7. The second kappa shape index (κ2) is 12.3. The number of aryl methyl sites for hydroxylation is 1. The van der Waals surface area contributed by atoms with E-state index in [-0.39, 0.29) is 12.3 Å². The van der Waals surface area contributed by atoms with E-state index >= 15 is 0 Å². The maximum atomic E-state index is 11.7. The summed E-state index contributed by atoms with van der Waals surface area (Å²) in [5, 5.41) is 2.19. The van der Waals surface area contributed by atoms with Crippen LogP contribution in [0.3, 0.4) is 0 Å². The predicted molar refractivity (Wildman–Crippen MR) is 106 cm³/mol. The van der Waals surface area contributed by atoms with E-state index in [0.29, 0.717) is 6.54 Å². The van der Waals surface area contributed by atoms with Crippen LogP contribution >= 0.6 is 0 Å². The molecule has 1 heterocycles. The lowest BCUT2D eigenvalue weighted by atomic mass is 10.0. The summed E-state index contributed by atoms with van der Waals surface area (Å²) >= 11 is 0. The molecule has 1 aromatic rings. The fraction of sp³-hybridized carbons (Fsp3) is 0.591. The number of nitrogens with zero attached hydrogens (tertiary/aromatic N) is 1. The third-order valence-electron chi connectivity index (χ3n) is 5.04. The number of carbonyl (C=O) groups is 3. The van der Waals surface area contributed by atoms with Crippen molar-refractivity contribution in [2.24, 2.45) is 0 Å². The number of amides is 4. The van der Waals surface area contributed by atoms with Crippen LogP contribution in [0.15, 0.2) is 30.3 Å². The predicted octanol–water partition coefficient (Wildman–Crippen LogP) is 4.60. The molecule has 1 aromatic carbocycles. The van der Waals surface area contributed by atoms with Crippen molar-refractivity contribution < 1.29 is 14.4 Å². The van der Waals surface area contributed by atoms with Crippen LogP contribution in [0.4, 0.5) is 4.79 Å². The molecule has 0 aromatic heterocycles. The third kappa shape index (κ3) is 8.37. The van der Waals surface area contributed by atoms with Gasteiger partial charge in [0.1, 0.15) is 6.42 Å². The molecule has 1 aliphatic rings. The summed E-state index contributed by atoms with van der Waals surface area (Å²) in [6.07, 6.45) is 12.9. The van der Waals surface area contributed by atoms with Gasteiger partial charge in [0.2, 0.25) is 11.8 Å². The molecule has 1 aliphatic heterocycles. The highest BCUT2D eigenvalue weighted by Gasteiger charge is 2.29. The minimum atomic E-state index is -0.566. The number of benzene rings is 1. The topological polar surface area (TPSA) is 66.5 Å². The first-order valence-electron chi connectivity index (χ1n) is 10.3. The molecule has 0 unspecified atom stereocenters. The van der Waals surface area contributed by atoms with E-state index in [1.54, 1.807) is 0 Å². The Morgan fingerprint density at radius 1 is 0.741 bits per heavy atom. The lowest BCUT2D eigenvalue weighted by molar-refractivity contribution is -0.136. The number of urea groups is 1. The zero-order chi connectivity index (χ0) is 19.3. The van der Waals surface area contributed by atoms with Gasteiger partial charge >= 0.3 is 6.03 Å².